The smallest absolute Gasteiger partial charge is 0.159 e. The molecule has 0 fully saturated rings. The molecule has 1 aromatic heterocycles. The highest BCUT2D eigenvalue weighted by Crippen LogP contribution is 2.33. The van der Waals surface area contributed by atoms with E-state index in [1.807, 2.05) is 79.0 Å². The van der Waals surface area contributed by atoms with Crippen LogP contribution in [0.3, 0.4) is 0 Å². The van der Waals surface area contributed by atoms with Crippen molar-refractivity contribution >= 4 is 11.6 Å². The molecule has 5 heteroatoms. The van der Waals surface area contributed by atoms with Crippen LogP contribution in [-0.2, 0) is 0 Å². The van der Waals surface area contributed by atoms with Crippen molar-refractivity contribution in [2.24, 2.45) is 0 Å². The summed E-state index contributed by atoms with van der Waals surface area (Å²) < 4.78 is 10.6. The van der Waals surface area contributed by atoms with E-state index in [1.165, 1.54) is 0 Å². The van der Waals surface area contributed by atoms with Crippen LogP contribution in [0.15, 0.2) is 79.0 Å². The zero-order chi connectivity index (χ0) is 20.2. The predicted molar refractivity (Wildman–Crippen MR) is 116 cm³/mol. The molecule has 0 amide bonds. The van der Waals surface area contributed by atoms with E-state index in [0.29, 0.717) is 10.8 Å². The van der Waals surface area contributed by atoms with E-state index in [-0.39, 0.29) is 0 Å². The summed E-state index contributed by atoms with van der Waals surface area (Å²) in [6, 6.07) is 23.2. The molecule has 0 aliphatic heterocycles. The van der Waals surface area contributed by atoms with E-state index in [2.05, 4.69) is 4.98 Å². The molecule has 0 N–H and O–H groups in total. The lowest BCUT2D eigenvalue weighted by Gasteiger charge is -2.12. The molecule has 0 radical (unpaired) electrons. The van der Waals surface area contributed by atoms with Gasteiger partial charge in [-0.25, -0.2) is 9.97 Å². The number of halogens is 1. The van der Waals surface area contributed by atoms with Crippen LogP contribution in [0.25, 0.3) is 33.8 Å². The third-order valence-electron chi connectivity index (χ3n) is 4.66. The number of ether oxygens (including phenoxy) is 2. The Bertz CT molecular complexity index is 1110. The van der Waals surface area contributed by atoms with Crippen molar-refractivity contribution in [2.75, 3.05) is 14.2 Å². The topological polar surface area (TPSA) is 44.2 Å². The van der Waals surface area contributed by atoms with Crippen LogP contribution in [0, 0.1) is 0 Å². The first kappa shape index (κ1) is 19.0. The van der Waals surface area contributed by atoms with Crippen molar-refractivity contribution in [2.45, 2.75) is 0 Å². The fraction of sp³-hybridized carbons (Fsp3) is 0.0833. The normalized spacial score (nSPS) is 10.6. The van der Waals surface area contributed by atoms with Gasteiger partial charge in [-0.2, -0.15) is 0 Å². The van der Waals surface area contributed by atoms with Crippen molar-refractivity contribution in [3.63, 3.8) is 0 Å². The highest BCUT2D eigenvalue weighted by molar-refractivity contribution is 6.30. The molecule has 3 aromatic carbocycles. The monoisotopic (exact) mass is 402 g/mol. The summed E-state index contributed by atoms with van der Waals surface area (Å²) in [6.45, 7) is 0. The maximum Gasteiger partial charge on any atom is 0.159 e. The molecule has 4 aromatic rings. The second-order valence-electron chi connectivity index (χ2n) is 6.42. The minimum atomic E-state index is 0.643. The van der Waals surface area contributed by atoms with E-state index in [1.54, 1.807) is 14.2 Å². The molecule has 0 spiro atoms. The summed E-state index contributed by atoms with van der Waals surface area (Å²) in [5.74, 6) is 2.25. The third kappa shape index (κ3) is 4.08. The van der Waals surface area contributed by atoms with Crippen molar-refractivity contribution in [3.05, 3.63) is 84.0 Å². The summed E-state index contributed by atoms with van der Waals surface area (Å²) in [4.78, 5) is 9.50. The molecule has 4 rings (SSSR count). The first-order valence-electron chi connectivity index (χ1n) is 9.10. The Kier molecular flexibility index (Phi) is 5.45. The number of nitrogens with zero attached hydrogens (tertiary/aromatic N) is 2. The van der Waals surface area contributed by atoms with Crippen molar-refractivity contribution < 1.29 is 9.47 Å². The number of rotatable bonds is 5. The number of hydrogen-bond acceptors (Lipinski definition) is 4. The van der Waals surface area contributed by atoms with Crippen LogP contribution < -0.4 is 9.47 Å². The fourth-order valence-electron chi connectivity index (χ4n) is 3.07. The summed E-state index contributed by atoms with van der Waals surface area (Å²) in [5.41, 5.74) is 4.69. The van der Waals surface area contributed by atoms with E-state index in [9.17, 15) is 0 Å². The van der Waals surface area contributed by atoms with Crippen LogP contribution in [0.5, 0.6) is 11.5 Å². The van der Waals surface area contributed by atoms with Crippen molar-refractivity contribution in [1.82, 2.24) is 9.97 Å². The molecule has 29 heavy (non-hydrogen) atoms. The highest BCUT2D eigenvalue weighted by Gasteiger charge is 2.13. The molecule has 144 valence electrons. The van der Waals surface area contributed by atoms with E-state index >= 15 is 0 Å². The van der Waals surface area contributed by atoms with Crippen LogP contribution in [0.2, 0.25) is 5.02 Å². The number of hydrogen-bond donors (Lipinski definition) is 0. The molecule has 1 heterocycles. The maximum atomic E-state index is 6.02. The molecule has 0 atom stereocenters. The molecule has 0 bridgehead atoms. The molecule has 0 saturated carbocycles. The molecular formula is C24H19ClN2O2. The first-order chi connectivity index (χ1) is 14.2. The fourth-order valence-corrected chi connectivity index (χ4v) is 3.20. The Morgan fingerprint density at radius 1 is 0.655 bits per heavy atom. The lowest BCUT2D eigenvalue weighted by molar-refractivity contribution is 0.414. The minimum Gasteiger partial charge on any atom is -0.497 e. The van der Waals surface area contributed by atoms with Gasteiger partial charge >= 0.3 is 0 Å². The van der Waals surface area contributed by atoms with Gasteiger partial charge in [-0.1, -0.05) is 23.7 Å². The van der Waals surface area contributed by atoms with Crippen molar-refractivity contribution in [3.8, 4) is 45.3 Å². The standard InChI is InChI=1S/C24H19ClN2O2/c1-28-20-11-5-16(6-12-20)22-15-26-24(18-3-9-19(25)10-4-18)27-23(22)17-7-13-21(29-2)14-8-17/h3-15H,1-2H3. The molecule has 0 aliphatic carbocycles. The Morgan fingerprint density at radius 3 is 1.72 bits per heavy atom. The van der Waals surface area contributed by atoms with E-state index < -0.39 is 0 Å². The third-order valence-corrected chi connectivity index (χ3v) is 4.91. The van der Waals surface area contributed by atoms with Gasteiger partial charge < -0.3 is 9.47 Å². The second-order valence-corrected chi connectivity index (χ2v) is 6.86. The van der Waals surface area contributed by atoms with Crippen LogP contribution in [0.1, 0.15) is 0 Å². The van der Waals surface area contributed by atoms with Gasteiger partial charge in [0.15, 0.2) is 5.82 Å². The number of aromatic nitrogens is 2. The Labute approximate surface area is 174 Å². The molecule has 0 saturated heterocycles. The molecule has 0 unspecified atom stereocenters. The average molecular weight is 403 g/mol. The van der Waals surface area contributed by atoms with Gasteiger partial charge in [0.2, 0.25) is 0 Å². The van der Waals surface area contributed by atoms with Gasteiger partial charge in [0.1, 0.15) is 11.5 Å². The van der Waals surface area contributed by atoms with E-state index in [0.717, 1.165) is 39.4 Å². The van der Waals surface area contributed by atoms with Gasteiger partial charge in [0, 0.05) is 27.9 Å². The molecule has 0 aliphatic rings. The maximum absolute atomic E-state index is 6.02. The minimum absolute atomic E-state index is 0.643. The van der Waals surface area contributed by atoms with Gasteiger partial charge in [0.05, 0.1) is 19.9 Å². The summed E-state index contributed by atoms with van der Waals surface area (Å²) in [7, 11) is 3.31. The zero-order valence-corrected chi connectivity index (χ0v) is 16.9. The van der Waals surface area contributed by atoms with Gasteiger partial charge in [-0.3, -0.25) is 0 Å². The molecular weight excluding hydrogens is 384 g/mol. The summed E-state index contributed by atoms with van der Waals surface area (Å²) in [5, 5.41) is 0.680. The number of methoxy groups -OCH3 is 2. The van der Waals surface area contributed by atoms with Gasteiger partial charge in [0.25, 0.3) is 0 Å². The van der Waals surface area contributed by atoms with Gasteiger partial charge in [-0.15, -0.1) is 0 Å². The second kappa shape index (κ2) is 8.33. The summed E-state index contributed by atoms with van der Waals surface area (Å²) in [6.07, 6.45) is 1.86. The lowest BCUT2D eigenvalue weighted by atomic mass is 10.00. The van der Waals surface area contributed by atoms with Crippen LogP contribution in [-0.4, -0.2) is 24.2 Å². The number of benzene rings is 3. The van der Waals surface area contributed by atoms with E-state index in [4.69, 9.17) is 26.1 Å². The Balaban J connectivity index is 1.85. The first-order valence-corrected chi connectivity index (χ1v) is 9.47. The highest BCUT2D eigenvalue weighted by atomic mass is 35.5. The van der Waals surface area contributed by atoms with Crippen LogP contribution in [0.4, 0.5) is 0 Å². The van der Waals surface area contributed by atoms with Crippen molar-refractivity contribution in [1.29, 1.82) is 0 Å². The summed E-state index contributed by atoms with van der Waals surface area (Å²) >= 11 is 6.02. The van der Waals surface area contributed by atoms with Crippen LogP contribution >= 0.6 is 11.6 Å². The Hall–Kier alpha value is -3.37. The lowest BCUT2D eigenvalue weighted by Crippen LogP contribution is -1.96. The Morgan fingerprint density at radius 2 is 1.17 bits per heavy atom. The molecule has 4 nitrogen and oxygen atoms in total. The largest absolute Gasteiger partial charge is 0.497 e. The average Bonchev–Trinajstić information content (AvgIpc) is 2.79. The van der Waals surface area contributed by atoms with Gasteiger partial charge in [-0.05, 0) is 66.2 Å². The quantitative estimate of drug-likeness (QED) is 0.401. The SMILES string of the molecule is COc1ccc(-c2cnc(-c3ccc(Cl)cc3)nc2-c2ccc(OC)cc2)cc1. The predicted octanol–water partition coefficient (Wildman–Crippen LogP) is 6.15. The zero-order valence-electron chi connectivity index (χ0n) is 16.1.